The van der Waals surface area contributed by atoms with E-state index >= 15 is 0 Å². The molecule has 0 aromatic rings. The van der Waals surface area contributed by atoms with Crippen LogP contribution in [0.25, 0.3) is 0 Å². The molecule has 0 saturated carbocycles. The molecule has 0 aliphatic heterocycles. The number of hydrogen-bond acceptors (Lipinski definition) is 2. The fraction of sp³-hybridized carbons (Fsp3) is 0.833. The summed E-state index contributed by atoms with van der Waals surface area (Å²) in [5, 5.41) is 8.52. The summed E-state index contributed by atoms with van der Waals surface area (Å²) in [6.07, 6.45) is 1.54. The summed E-state index contributed by atoms with van der Waals surface area (Å²) in [5.74, 6) is 0. The van der Waals surface area contributed by atoms with Gasteiger partial charge in [-0.3, -0.25) is 4.79 Å². The summed E-state index contributed by atoms with van der Waals surface area (Å²) in [5.41, 5.74) is 0. The topological polar surface area (TPSA) is 40.5 Å². The zero-order chi connectivity index (χ0) is 7.28. The standard InChI is InChI=1S/C6H13NO2/c1-3-6(2)7(4-8)5-9/h4,6,9H,3,5H2,1-2H3. The van der Waals surface area contributed by atoms with Crippen molar-refractivity contribution in [2.45, 2.75) is 26.3 Å². The predicted octanol–water partition coefficient (Wildman–Crippen LogP) is 0.193. The molecule has 0 aliphatic carbocycles. The van der Waals surface area contributed by atoms with Gasteiger partial charge in [0, 0.05) is 6.04 Å². The number of nitrogens with zero attached hydrogens (tertiary/aromatic N) is 1. The van der Waals surface area contributed by atoms with E-state index in [1.165, 1.54) is 4.90 Å². The average Bonchev–Trinajstić information content (AvgIpc) is 1.90. The first-order valence-electron chi connectivity index (χ1n) is 3.08. The van der Waals surface area contributed by atoms with Crippen LogP contribution < -0.4 is 0 Å². The Morgan fingerprint density at radius 1 is 1.78 bits per heavy atom. The first-order chi connectivity index (χ1) is 4.26. The number of aliphatic hydroxyl groups excluding tert-OH is 1. The SMILES string of the molecule is CCC(C)N(C=O)CO. The lowest BCUT2D eigenvalue weighted by Gasteiger charge is -2.20. The molecule has 0 saturated heterocycles. The van der Waals surface area contributed by atoms with Gasteiger partial charge < -0.3 is 10.0 Å². The van der Waals surface area contributed by atoms with Gasteiger partial charge in [-0.2, -0.15) is 0 Å². The molecule has 1 amide bonds. The molecule has 1 unspecified atom stereocenters. The molecule has 0 fully saturated rings. The van der Waals surface area contributed by atoms with E-state index in [2.05, 4.69) is 0 Å². The van der Waals surface area contributed by atoms with E-state index in [1.54, 1.807) is 0 Å². The van der Waals surface area contributed by atoms with E-state index in [0.717, 1.165) is 6.42 Å². The third kappa shape index (κ3) is 2.46. The zero-order valence-corrected chi connectivity index (χ0v) is 5.87. The van der Waals surface area contributed by atoms with E-state index < -0.39 is 0 Å². The summed E-state index contributed by atoms with van der Waals surface area (Å²) < 4.78 is 0. The van der Waals surface area contributed by atoms with Gasteiger partial charge in [0.1, 0.15) is 6.73 Å². The van der Waals surface area contributed by atoms with Gasteiger partial charge in [-0.1, -0.05) is 6.92 Å². The Morgan fingerprint density at radius 3 is 2.44 bits per heavy atom. The van der Waals surface area contributed by atoms with Crippen molar-refractivity contribution in [3.63, 3.8) is 0 Å². The maximum absolute atomic E-state index is 10.1. The second-order valence-corrected chi connectivity index (χ2v) is 2.02. The number of hydrogen-bond donors (Lipinski definition) is 1. The van der Waals surface area contributed by atoms with Gasteiger partial charge in [0.15, 0.2) is 0 Å². The van der Waals surface area contributed by atoms with Gasteiger partial charge in [0.25, 0.3) is 0 Å². The second-order valence-electron chi connectivity index (χ2n) is 2.02. The molecule has 9 heavy (non-hydrogen) atoms. The van der Waals surface area contributed by atoms with Crippen LogP contribution in [-0.2, 0) is 4.79 Å². The number of amides is 1. The molecule has 0 aromatic heterocycles. The highest BCUT2D eigenvalue weighted by Crippen LogP contribution is 1.97. The Kier molecular flexibility index (Phi) is 4.05. The van der Waals surface area contributed by atoms with Crippen molar-refractivity contribution in [3.8, 4) is 0 Å². The molecule has 0 rings (SSSR count). The Labute approximate surface area is 55.3 Å². The lowest BCUT2D eigenvalue weighted by molar-refractivity contribution is -0.123. The molecule has 0 aliphatic rings. The Hall–Kier alpha value is -0.570. The van der Waals surface area contributed by atoms with Crippen molar-refractivity contribution < 1.29 is 9.90 Å². The van der Waals surface area contributed by atoms with Crippen LogP contribution >= 0.6 is 0 Å². The highest BCUT2D eigenvalue weighted by Gasteiger charge is 2.05. The van der Waals surface area contributed by atoms with Crippen molar-refractivity contribution in [2.24, 2.45) is 0 Å². The highest BCUT2D eigenvalue weighted by atomic mass is 16.3. The van der Waals surface area contributed by atoms with Crippen LogP contribution in [0.15, 0.2) is 0 Å². The molecule has 0 heterocycles. The summed E-state index contributed by atoms with van der Waals surface area (Å²) >= 11 is 0. The van der Waals surface area contributed by atoms with E-state index in [0.29, 0.717) is 6.41 Å². The fourth-order valence-corrected chi connectivity index (χ4v) is 0.511. The molecule has 54 valence electrons. The lowest BCUT2D eigenvalue weighted by Crippen LogP contribution is -2.31. The molecular formula is C6H13NO2. The van der Waals surface area contributed by atoms with Crippen molar-refractivity contribution >= 4 is 6.41 Å². The molecule has 3 heteroatoms. The second kappa shape index (κ2) is 4.32. The molecule has 3 nitrogen and oxygen atoms in total. The molecule has 0 spiro atoms. The third-order valence-corrected chi connectivity index (χ3v) is 1.46. The maximum Gasteiger partial charge on any atom is 0.211 e. The van der Waals surface area contributed by atoms with Gasteiger partial charge >= 0.3 is 0 Å². The van der Waals surface area contributed by atoms with Gasteiger partial charge in [0.05, 0.1) is 0 Å². The number of carbonyl (C=O) groups excluding carboxylic acids is 1. The first-order valence-corrected chi connectivity index (χ1v) is 3.08. The normalized spacial score (nSPS) is 12.8. The number of rotatable bonds is 4. The summed E-state index contributed by atoms with van der Waals surface area (Å²) in [4.78, 5) is 11.4. The van der Waals surface area contributed by atoms with E-state index in [1.807, 2.05) is 13.8 Å². The maximum atomic E-state index is 10.1. The quantitative estimate of drug-likeness (QED) is 0.437. The van der Waals surface area contributed by atoms with E-state index in [9.17, 15) is 4.79 Å². The van der Waals surface area contributed by atoms with Gasteiger partial charge in [-0.25, -0.2) is 0 Å². The van der Waals surface area contributed by atoms with Crippen molar-refractivity contribution in [1.29, 1.82) is 0 Å². The summed E-state index contributed by atoms with van der Waals surface area (Å²) in [6, 6.07) is 0.146. The number of carbonyl (C=O) groups is 1. The highest BCUT2D eigenvalue weighted by molar-refractivity contribution is 5.47. The predicted molar refractivity (Wildman–Crippen MR) is 34.7 cm³/mol. The van der Waals surface area contributed by atoms with Gasteiger partial charge in [-0.05, 0) is 13.3 Å². The van der Waals surface area contributed by atoms with Crippen LogP contribution in [0.2, 0.25) is 0 Å². The van der Waals surface area contributed by atoms with Gasteiger partial charge in [-0.15, -0.1) is 0 Å². The van der Waals surface area contributed by atoms with Crippen LogP contribution in [0.5, 0.6) is 0 Å². The molecular weight excluding hydrogens is 118 g/mol. The minimum Gasteiger partial charge on any atom is -0.376 e. The first kappa shape index (κ1) is 8.43. The zero-order valence-electron chi connectivity index (χ0n) is 5.87. The van der Waals surface area contributed by atoms with Crippen LogP contribution in [-0.4, -0.2) is 29.2 Å². The molecule has 1 N–H and O–H groups in total. The Morgan fingerprint density at radius 2 is 2.33 bits per heavy atom. The number of aliphatic hydroxyl groups is 1. The molecule has 0 radical (unpaired) electrons. The van der Waals surface area contributed by atoms with E-state index in [4.69, 9.17) is 5.11 Å². The monoisotopic (exact) mass is 131 g/mol. The minimum atomic E-state index is -0.182. The van der Waals surface area contributed by atoms with Crippen molar-refractivity contribution in [2.75, 3.05) is 6.73 Å². The largest absolute Gasteiger partial charge is 0.376 e. The van der Waals surface area contributed by atoms with Gasteiger partial charge in [0.2, 0.25) is 6.41 Å². The fourth-order valence-electron chi connectivity index (χ4n) is 0.511. The van der Waals surface area contributed by atoms with Crippen LogP contribution in [0.1, 0.15) is 20.3 Å². The molecule has 0 aromatic carbocycles. The summed E-state index contributed by atoms with van der Waals surface area (Å²) in [7, 11) is 0. The summed E-state index contributed by atoms with van der Waals surface area (Å²) in [6.45, 7) is 3.68. The van der Waals surface area contributed by atoms with Crippen LogP contribution in [0, 0.1) is 0 Å². The smallest absolute Gasteiger partial charge is 0.211 e. The van der Waals surface area contributed by atoms with E-state index in [-0.39, 0.29) is 12.8 Å². The van der Waals surface area contributed by atoms with Crippen molar-refractivity contribution in [1.82, 2.24) is 4.90 Å². The Bertz CT molecular complexity index is 85.1. The lowest BCUT2D eigenvalue weighted by atomic mass is 10.2. The van der Waals surface area contributed by atoms with Crippen molar-refractivity contribution in [3.05, 3.63) is 0 Å². The molecule has 1 atom stereocenters. The minimum absolute atomic E-state index is 0.146. The average molecular weight is 131 g/mol. The third-order valence-electron chi connectivity index (χ3n) is 1.46. The van der Waals surface area contributed by atoms with Crippen LogP contribution in [0.4, 0.5) is 0 Å². The Balaban J connectivity index is 3.63. The molecule has 0 bridgehead atoms. The van der Waals surface area contributed by atoms with Crippen LogP contribution in [0.3, 0.4) is 0 Å².